The quantitative estimate of drug-likeness (QED) is 0.768. The Bertz CT molecular complexity index is 694. The molecule has 25 heavy (non-hydrogen) atoms. The van der Waals surface area contributed by atoms with E-state index in [1.807, 2.05) is 13.0 Å². The molecule has 2 atom stereocenters. The molecular weight excluding hydrogens is 324 g/mol. The lowest BCUT2D eigenvalue weighted by Crippen LogP contribution is -2.18. The van der Waals surface area contributed by atoms with Crippen LogP contribution in [0.3, 0.4) is 0 Å². The van der Waals surface area contributed by atoms with Crippen molar-refractivity contribution in [3.05, 3.63) is 41.9 Å². The minimum absolute atomic E-state index is 0.238. The van der Waals surface area contributed by atoms with E-state index in [-0.39, 0.29) is 5.69 Å². The van der Waals surface area contributed by atoms with Crippen LogP contribution in [0, 0.1) is 18.8 Å². The third-order valence-electron chi connectivity index (χ3n) is 4.08. The molecule has 0 fully saturated rings. The van der Waals surface area contributed by atoms with E-state index in [1.54, 1.807) is 12.3 Å². The Hall–Kier alpha value is -2.08. The molecule has 0 aliphatic rings. The van der Waals surface area contributed by atoms with Crippen LogP contribution in [0.2, 0.25) is 0 Å². The molecule has 0 radical (unpaired) electrons. The highest BCUT2D eigenvalue weighted by atomic mass is 19.3. The van der Waals surface area contributed by atoms with Gasteiger partial charge in [0.2, 0.25) is 5.88 Å². The molecule has 0 bridgehead atoms. The first-order valence-electron chi connectivity index (χ1n) is 8.44. The molecule has 0 amide bonds. The second-order valence-electron chi connectivity index (χ2n) is 6.61. The molecule has 2 aromatic heterocycles. The van der Waals surface area contributed by atoms with E-state index in [1.165, 1.54) is 12.3 Å². The van der Waals surface area contributed by atoms with Gasteiger partial charge in [0.15, 0.2) is 0 Å². The fraction of sp³-hybridized carbons (Fsp3) is 0.474. The second kappa shape index (κ2) is 8.85. The van der Waals surface area contributed by atoms with Crippen LogP contribution in [0.5, 0.6) is 5.88 Å². The van der Waals surface area contributed by atoms with Gasteiger partial charge in [-0.1, -0.05) is 13.8 Å². The van der Waals surface area contributed by atoms with E-state index in [0.717, 1.165) is 17.5 Å². The van der Waals surface area contributed by atoms with Crippen LogP contribution in [0.25, 0.3) is 11.1 Å². The summed E-state index contributed by atoms with van der Waals surface area (Å²) in [5.41, 5.74) is 7.71. The second-order valence-corrected chi connectivity index (χ2v) is 6.61. The summed E-state index contributed by atoms with van der Waals surface area (Å²) in [6.07, 6.45) is 1.44. The van der Waals surface area contributed by atoms with Crippen molar-refractivity contribution in [1.82, 2.24) is 9.97 Å². The number of aromatic nitrogens is 2. The van der Waals surface area contributed by atoms with Gasteiger partial charge in [0, 0.05) is 23.5 Å². The van der Waals surface area contributed by atoms with Crippen molar-refractivity contribution in [2.45, 2.75) is 33.6 Å². The fourth-order valence-corrected chi connectivity index (χ4v) is 2.69. The smallest absolute Gasteiger partial charge is 0.280 e. The zero-order valence-corrected chi connectivity index (χ0v) is 14.9. The number of hydrogen-bond acceptors (Lipinski definition) is 4. The molecule has 0 spiro atoms. The van der Waals surface area contributed by atoms with Crippen LogP contribution in [-0.2, 0) is 0 Å². The molecule has 2 N–H and O–H groups in total. The Balaban J connectivity index is 2.06. The lowest BCUT2D eigenvalue weighted by atomic mass is 9.98. The van der Waals surface area contributed by atoms with Crippen molar-refractivity contribution in [1.29, 1.82) is 0 Å². The van der Waals surface area contributed by atoms with Gasteiger partial charge in [0.1, 0.15) is 5.69 Å². The molecule has 2 unspecified atom stereocenters. The largest absolute Gasteiger partial charge is 0.477 e. The SMILES string of the molecule is Cc1cc(-c2ccnc(C(F)F)c2)cnc1OCC(C)CC(C)CN. The number of halogens is 2. The summed E-state index contributed by atoms with van der Waals surface area (Å²) in [5, 5.41) is 0. The molecule has 0 aromatic carbocycles. The van der Waals surface area contributed by atoms with Gasteiger partial charge in [0.05, 0.1) is 6.61 Å². The molecule has 0 aliphatic carbocycles. The van der Waals surface area contributed by atoms with Gasteiger partial charge in [-0.05, 0) is 55.5 Å². The van der Waals surface area contributed by atoms with Crippen molar-refractivity contribution in [2.24, 2.45) is 17.6 Å². The van der Waals surface area contributed by atoms with Crippen LogP contribution in [0.15, 0.2) is 30.6 Å². The van der Waals surface area contributed by atoms with Crippen molar-refractivity contribution in [3.63, 3.8) is 0 Å². The summed E-state index contributed by atoms with van der Waals surface area (Å²) < 4.78 is 31.4. The van der Waals surface area contributed by atoms with E-state index in [0.29, 0.717) is 36.4 Å². The minimum Gasteiger partial charge on any atom is -0.477 e. The molecule has 136 valence electrons. The molecule has 2 rings (SSSR count). The average Bonchev–Trinajstić information content (AvgIpc) is 2.60. The van der Waals surface area contributed by atoms with Crippen LogP contribution in [-0.4, -0.2) is 23.1 Å². The predicted octanol–water partition coefficient (Wildman–Crippen LogP) is 4.39. The minimum atomic E-state index is -2.59. The molecule has 0 saturated heterocycles. The van der Waals surface area contributed by atoms with Gasteiger partial charge in [-0.2, -0.15) is 0 Å². The Morgan fingerprint density at radius 3 is 2.52 bits per heavy atom. The first-order valence-corrected chi connectivity index (χ1v) is 8.44. The topological polar surface area (TPSA) is 61.0 Å². The number of nitrogens with zero attached hydrogens (tertiary/aromatic N) is 2. The third-order valence-corrected chi connectivity index (χ3v) is 4.08. The lowest BCUT2D eigenvalue weighted by molar-refractivity contribution is 0.146. The van der Waals surface area contributed by atoms with Gasteiger partial charge in [-0.3, -0.25) is 4.98 Å². The summed E-state index contributed by atoms with van der Waals surface area (Å²) in [7, 11) is 0. The van der Waals surface area contributed by atoms with E-state index in [4.69, 9.17) is 10.5 Å². The van der Waals surface area contributed by atoms with Crippen molar-refractivity contribution >= 4 is 0 Å². The molecule has 2 aromatic rings. The highest BCUT2D eigenvalue weighted by Gasteiger charge is 2.12. The molecular formula is C19H25F2N3O. The first kappa shape index (κ1) is 19.2. The number of ether oxygens (including phenoxy) is 1. The Morgan fingerprint density at radius 2 is 1.88 bits per heavy atom. The summed E-state index contributed by atoms with van der Waals surface area (Å²) in [4.78, 5) is 8.03. The maximum absolute atomic E-state index is 12.8. The Kier molecular flexibility index (Phi) is 6.82. The van der Waals surface area contributed by atoms with Crippen LogP contribution in [0.4, 0.5) is 8.78 Å². The number of pyridine rings is 2. The summed E-state index contributed by atoms with van der Waals surface area (Å²) >= 11 is 0. The Labute approximate surface area is 147 Å². The van der Waals surface area contributed by atoms with E-state index >= 15 is 0 Å². The van der Waals surface area contributed by atoms with Gasteiger partial charge in [0.25, 0.3) is 6.43 Å². The standard InChI is InChI=1S/C19H25F2N3O/c1-12(9-22)6-13(2)11-25-19-14(3)7-16(10-24-19)15-4-5-23-17(8-15)18(20)21/h4-5,7-8,10,12-13,18H,6,9,11,22H2,1-3H3. The van der Waals surface area contributed by atoms with Crippen LogP contribution >= 0.6 is 0 Å². The van der Waals surface area contributed by atoms with Crippen LogP contribution < -0.4 is 10.5 Å². The first-order chi connectivity index (χ1) is 11.9. The normalized spacial score (nSPS) is 13.7. The molecule has 0 saturated carbocycles. The number of aryl methyl sites for hydroxylation is 1. The lowest BCUT2D eigenvalue weighted by Gasteiger charge is -2.17. The van der Waals surface area contributed by atoms with Gasteiger partial charge in [-0.15, -0.1) is 0 Å². The average molecular weight is 349 g/mol. The van der Waals surface area contributed by atoms with Gasteiger partial charge >= 0.3 is 0 Å². The van der Waals surface area contributed by atoms with E-state index < -0.39 is 6.43 Å². The van der Waals surface area contributed by atoms with Gasteiger partial charge in [-0.25, -0.2) is 13.8 Å². The van der Waals surface area contributed by atoms with E-state index in [2.05, 4.69) is 23.8 Å². The zero-order valence-electron chi connectivity index (χ0n) is 14.9. The van der Waals surface area contributed by atoms with Gasteiger partial charge < -0.3 is 10.5 Å². The highest BCUT2D eigenvalue weighted by Crippen LogP contribution is 2.27. The third kappa shape index (κ3) is 5.46. The van der Waals surface area contributed by atoms with Crippen molar-refractivity contribution in [2.75, 3.05) is 13.2 Å². The molecule has 2 heterocycles. The number of alkyl halides is 2. The molecule has 0 aliphatic heterocycles. The van der Waals surface area contributed by atoms with Crippen molar-refractivity contribution < 1.29 is 13.5 Å². The monoisotopic (exact) mass is 349 g/mol. The summed E-state index contributed by atoms with van der Waals surface area (Å²) in [5.74, 6) is 1.41. The zero-order chi connectivity index (χ0) is 18.4. The highest BCUT2D eigenvalue weighted by molar-refractivity contribution is 5.64. The van der Waals surface area contributed by atoms with Crippen molar-refractivity contribution in [3.8, 4) is 17.0 Å². The Morgan fingerprint density at radius 1 is 1.12 bits per heavy atom. The maximum atomic E-state index is 12.8. The van der Waals surface area contributed by atoms with Crippen LogP contribution in [0.1, 0.15) is 38.0 Å². The summed E-state index contributed by atoms with van der Waals surface area (Å²) in [6.45, 7) is 7.38. The number of hydrogen-bond donors (Lipinski definition) is 1. The maximum Gasteiger partial charge on any atom is 0.280 e. The van der Waals surface area contributed by atoms with E-state index in [9.17, 15) is 8.78 Å². The summed E-state index contributed by atoms with van der Waals surface area (Å²) in [6, 6.07) is 4.97. The molecule has 4 nitrogen and oxygen atoms in total. The molecule has 6 heteroatoms. The number of nitrogens with two attached hydrogens (primary N) is 1. The fourth-order valence-electron chi connectivity index (χ4n) is 2.69. The number of rotatable bonds is 8. The predicted molar refractivity (Wildman–Crippen MR) is 94.7 cm³/mol.